The van der Waals surface area contributed by atoms with Crippen LogP contribution in [0.1, 0.15) is 40.0 Å². The summed E-state index contributed by atoms with van der Waals surface area (Å²) >= 11 is 0. The average Bonchev–Trinajstić information content (AvgIpc) is 3.17. The molecule has 1 amide bonds. The number of alkyl carbamates (subject to hydrolysis) is 1. The number of pyridine rings is 1. The summed E-state index contributed by atoms with van der Waals surface area (Å²) in [5, 5.41) is 10.8. The van der Waals surface area contributed by atoms with Gasteiger partial charge in [-0.25, -0.2) is 14.5 Å². The normalized spacial score (nSPS) is 20.3. The largest absolute Gasteiger partial charge is 0.444 e. The highest BCUT2D eigenvalue weighted by Crippen LogP contribution is 2.24. The Bertz CT molecular complexity index is 708. The molecule has 1 saturated carbocycles. The van der Waals surface area contributed by atoms with Gasteiger partial charge in [-0.2, -0.15) is 5.10 Å². The number of hydrogen-bond acceptors (Lipinski definition) is 5. The number of hydrogen-bond donors (Lipinski definition) is 2. The van der Waals surface area contributed by atoms with Gasteiger partial charge in [0.1, 0.15) is 5.60 Å². The van der Waals surface area contributed by atoms with Crippen LogP contribution in [-0.4, -0.2) is 38.5 Å². The molecule has 7 heteroatoms. The van der Waals surface area contributed by atoms with E-state index in [1.54, 1.807) is 17.1 Å². The summed E-state index contributed by atoms with van der Waals surface area (Å²) in [6.07, 6.45) is 8.05. The van der Waals surface area contributed by atoms with Gasteiger partial charge in [0.2, 0.25) is 0 Å². The summed E-state index contributed by atoms with van der Waals surface area (Å²) in [7, 11) is 0. The van der Waals surface area contributed by atoms with E-state index in [0.717, 1.165) is 30.8 Å². The van der Waals surface area contributed by atoms with Gasteiger partial charge < -0.3 is 15.4 Å². The molecule has 0 spiro atoms. The third-order valence-corrected chi connectivity index (χ3v) is 4.04. The number of nitrogens with zero attached hydrogens (tertiary/aromatic N) is 3. The molecule has 0 bridgehead atoms. The van der Waals surface area contributed by atoms with Gasteiger partial charge in [-0.1, -0.05) is 6.07 Å². The highest BCUT2D eigenvalue weighted by atomic mass is 16.6. The molecule has 2 aromatic rings. The van der Waals surface area contributed by atoms with Crippen molar-refractivity contribution in [1.29, 1.82) is 0 Å². The van der Waals surface area contributed by atoms with Gasteiger partial charge in [0, 0.05) is 12.2 Å². The predicted octanol–water partition coefficient (Wildman–Crippen LogP) is 3.13. The van der Waals surface area contributed by atoms with Gasteiger partial charge in [0.05, 0.1) is 24.1 Å². The van der Waals surface area contributed by atoms with Crippen LogP contribution in [0.15, 0.2) is 36.8 Å². The summed E-state index contributed by atoms with van der Waals surface area (Å²) in [5.74, 6) is 0.769. The first-order valence-corrected chi connectivity index (χ1v) is 8.63. The van der Waals surface area contributed by atoms with Crippen LogP contribution in [0.3, 0.4) is 0 Å². The van der Waals surface area contributed by atoms with Crippen LogP contribution in [0, 0.1) is 0 Å². The molecular weight excluding hydrogens is 318 g/mol. The minimum absolute atomic E-state index is 0.0491. The zero-order valence-corrected chi connectivity index (χ0v) is 14.9. The van der Waals surface area contributed by atoms with Crippen molar-refractivity contribution in [3.63, 3.8) is 0 Å². The maximum atomic E-state index is 12.0. The Morgan fingerprint density at radius 3 is 2.80 bits per heavy atom. The maximum Gasteiger partial charge on any atom is 0.407 e. The fraction of sp³-hybridized carbons (Fsp3) is 0.500. The molecule has 3 rings (SSSR count). The molecule has 7 nitrogen and oxygen atoms in total. The van der Waals surface area contributed by atoms with Crippen LogP contribution >= 0.6 is 0 Å². The lowest BCUT2D eigenvalue weighted by atomic mass is 10.1. The lowest BCUT2D eigenvalue weighted by Crippen LogP contribution is -2.45. The Balaban J connectivity index is 1.60. The molecule has 0 aliphatic heterocycles. The molecular formula is C18H25N5O2. The van der Waals surface area contributed by atoms with Crippen molar-refractivity contribution in [2.75, 3.05) is 5.32 Å². The highest BCUT2D eigenvalue weighted by Gasteiger charge is 2.30. The standard InChI is InChI=1S/C18H25N5O2/c1-18(2,3)25-17(24)22-15-8-6-7-14(15)21-13-11-20-23(12-13)16-9-4-5-10-19-16/h4-5,9-12,14-15,21H,6-8H2,1-3H3,(H,22,24)/t14-,15+/m0/s1. The van der Waals surface area contributed by atoms with Crippen LogP contribution in [-0.2, 0) is 4.74 Å². The first kappa shape index (κ1) is 17.3. The fourth-order valence-corrected chi connectivity index (χ4v) is 2.99. The van der Waals surface area contributed by atoms with E-state index in [1.165, 1.54) is 0 Å². The number of rotatable bonds is 4. The van der Waals surface area contributed by atoms with Crippen molar-refractivity contribution in [2.24, 2.45) is 0 Å². The van der Waals surface area contributed by atoms with Gasteiger partial charge in [0.25, 0.3) is 0 Å². The Hall–Kier alpha value is -2.57. The SMILES string of the molecule is CC(C)(C)OC(=O)N[C@@H]1CCC[C@@H]1Nc1cnn(-c2ccccn2)c1. The Morgan fingerprint density at radius 1 is 1.28 bits per heavy atom. The molecule has 1 aliphatic carbocycles. The highest BCUT2D eigenvalue weighted by molar-refractivity contribution is 5.68. The van der Waals surface area contributed by atoms with E-state index in [4.69, 9.17) is 4.74 Å². The Kier molecular flexibility index (Phi) is 4.92. The van der Waals surface area contributed by atoms with Gasteiger partial charge in [-0.05, 0) is 52.2 Å². The first-order chi connectivity index (χ1) is 11.9. The average molecular weight is 343 g/mol. The molecule has 2 heterocycles. The lowest BCUT2D eigenvalue weighted by molar-refractivity contribution is 0.0503. The zero-order valence-electron chi connectivity index (χ0n) is 14.9. The molecule has 0 saturated heterocycles. The van der Waals surface area contributed by atoms with Crippen LogP contribution in [0.4, 0.5) is 10.5 Å². The number of nitrogens with one attached hydrogen (secondary N) is 2. The van der Waals surface area contributed by atoms with Crippen LogP contribution in [0.2, 0.25) is 0 Å². The van der Waals surface area contributed by atoms with Gasteiger partial charge in [0.15, 0.2) is 5.82 Å². The summed E-state index contributed by atoms with van der Waals surface area (Å²) in [6, 6.07) is 5.91. The molecule has 0 radical (unpaired) electrons. The monoisotopic (exact) mass is 343 g/mol. The molecule has 1 fully saturated rings. The minimum atomic E-state index is -0.491. The molecule has 0 unspecified atom stereocenters. The summed E-state index contributed by atoms with van der Waals surface area (Å²) in [4.78, 5) is 16.3. The smallest absolute Gasteiger partial charge is 0.407 e. The van der Waals surface area contributed by atoms with Crippen molar-refractivity contribution < 1.29 is 9.53 Å². The number of aromatic nitrogens is 3. The van der Waals surface area contributed by atoms with Crippen molar-refractivity contribution in [1.82, 2.24) is 20.1 Å². The van der Waals surface area contributed by atoms with Crippen molar-refractivity contribution in [3.8, 4) is 5.82 Å². The molecule has 25 heavy (non-hydrogen) atoms. The summed E-state index contributed by atoms with van der Waals surface area (Å²) < 4.78 is 7.09. The second kappa shape index (κ2) is 7.13. The first-order valence-electron chi connectivity index (χ1n) is 8.63. The maximum absolute atomic E-state index is 12.0. The second-order valence-electron chi connectivity index (χ2n) is 7.30. The van der Waals surface area contributed by atoms with E-state index >= 15 is 0 Å². The summed E-state index contributed by atoms with van der Waals surface area (Å²) in [5.41, 5.74) is 0.420. The quantitative estimate of drug-likeness (QED) is 0.891. The second-order valence-corrected chi connectivity index (χ2v) is 7.30. The summed E-state index contributed by atoms with van der Waals surface area (Å²) in [6.45, 7) is 5.59. The number of ether oxygens (including phenoxy) is 1. The molecule has 1 aliphatic rings. The number of carbonyl (C=O) groups excluding carboxylic acids is 1. The van der Waals surface area contributed by atoms with Crippen molar-refractivity contribution in [3.05, 3.63) is 36.8 Å². The Labute approximate surface area is 147 Å². The molecule has 134 valence electrons. The number of anilines is 1. The molecule has 2 aromatic heterocycles. The van der Waals surface area contributed by atoms with Gasteiger partial charge >= 0.3 is 6.09 Å². The third kappa shape index (κ3) is 4.71. The van der Waals surface area contributed by atoms with Crippen LogP contribution in [0.25, 0.3) is 5.82 Å². The van der Waals surface area contributed by atoms with Crippen LogP contribution < -0.4 is 10.6 Å². The van der Waals surface area contributed by atoms with Crippen LogP contribution in [0.5, 0.6) is 0 Å². The van der Waals surface area contributed by atoms with Gasteiger partial charge in [-0.3, -0.25) is 0 Å². The Morgan fingerprint density at radius 2 is 2.08 bits per heavy atom. The van der Waals surface area contributed by atoms with E-state index in [1.807, 2.05) is 45.2 Å². The van der Waals surface area contributed by atoms with E-state index in [-0.39, 0.29) is 18.2 Å². The fourth-order valence-electron chi connectivity index (χ4n) is 2.99. The minimum Gasteiger partial charge on any atom is -0.444 e. The van der Waals surface area contributed by atoms with Crippen molar-refractivity contribution >= 4 is 11.8 Å². The number of carbonyl (C=O) groups is 1. The molecule has 2 N–H and O–H groups in total. The third-order valence-electron chi connectivity index (χ3n) is 4.04. The van der Waals surface area contributed by atoms with E-state index < -0.39 is 5.60 Å². The van der Waals surface area contributed by atoms with E-state index in [2.05, 4.69) is 20.7 Å². The topological polar surface area (TPSA) is 81.1 Å². The molecule has 0 aromatic carbocycles. The lowest BCUT2D eigenvalue weighted by Gasteiger charge is -2.25. The zero-order chi connectivity index (χ0) is 17.9. The van der Waals surface area contributed by atoms with Gasteiger partial charge in [-0.15, -0.1) is 0 Å². The predicted molar refractivity (Wildman–Crippen MR) is 95.8 cm³/mol. The van der Waals surface area contributed by atoms with Crippen molar-refractivity contribution in [2.45, 2.75) is 57.7 Å². The van der Waals surface area contributed by atoms with E-state index in [0.29, 0.717) is 0 Å². The number of amides is 1. The molecule has 2 atom stereocenters. The van der Waals surface area contributed by atoms with E-state index in [9.17, 15) is 4.79 Å².